The van der Waals surface area contributed by atoms with E-state index in [1.54, 1.807) is 14.0 Å². The van der Waals surface area contributed by atoms with E-state index in [0.717, 1.165) is 4.68 Å². The lowest BCUT2D eigenvalue weighted by molar-refractivity contribution is 0.101. The van der Waals surface area contributed by atoms with Gasteiger partial charge in [0, 0.05) is 25.4 Å². The van der Waals surface area contributed by atoms with E-state index in [1.165, 1.54) is 16.9 Å². The second-order valence-corrected chi connectivity index (χ2v) is 6.46. The summed E-state index contributed by atoms with van der Waals surface area (Å²) in [5.74, 6) is -6.41. The number of carbonyl (C=O) groups is 1. The molecule has 3 rings (SSSR count). The molecule has 6 nitrogen and oxygen atoms in total. The molecule has 2 aromatic heterocycles. The number of nitrogens with one attached hydrogen (secondary N) is 1. The van der Waals surface area contributed by atoms with Gasteiger partial charge in [-0.15, -0.1) is 0 Å². The summed E-state index contributed by atoms with van der Waals surface area (Å²) in [4.78, 5) is 12.4. The van der Waals surface area contributed by atoms with Crippen molar-refractivity contribution >= 4 is 27.7 Å². The molecule has 0 unspecified atom stereocenters. The summed E-state index contributed by atoms with van der Waals surface area (Å²) in [6, 6.07) is 1.51. The van der Waals surface area contributed by atoms with Crippen LogP contribution >= 0.6 is 15.9 Å². The third kappa shape index (κ3) is 3.59. The van der Waals surface area contributed by atoms with E-state index in [4.69, 9.17) is 0 Å². The smallest absolute Gasteiger partial charge is 0.276 e. The van der Waals surface area contributed by atoms with Crippen LogP contribution in [0.2, 0.25) is 0 Å². The Morgan fingerprint density at radius 2 is 1.81 bits per heavy atom. The van der Waals surface area contributed by atoms with E-state index in [1.807, 2.05) is 0 Å². The highest BCUT2D eigenvalue weighted by molar-refractivity contribution is 9.10. The van der Waals surface area contributed by atoms with E-state index in [9.17, 15) is 22.4 Å². The summed E-state index contributed by atoms with van der Waals surface area (Å²) in [6.45, 7) is 1.16. The molecule has 0 bridgehead atoms. The van der Waals surface area contributed by atoms with Gasteiger partial charge in [0.25, 0.3) is 5.91 Å². The SMILES string of the molecule is Cc1nn(C)c(C(=O)Nc2ccn(Cc3c(F)c(F)cc(F)c3F)n2)c1Br. The first kappa shape index (κ1) is 19.1. The molecule has 0 fully saturated rings. The summed E-state index contributed by atoms with van der Waals surface area (Å²) in [5, 5.41) is 10.6. The number of nitrogens with zero attached hydrogens (tertiary/aromatic N) is 4. The largest absolute Gasteiger partial charge is 0.304 e. The average molecular weight is 446 g/mol. The van der Waals surface area contributed by atoms with Crippen molar-refractivity contribution in [1.29, 1.82) is 0 Å². The van der Waals surface area contributed by atoms with Crippen molar-refractivity contribution in [2.45, 2.75) is 13.5 Å². The molecule has 3 aromatic rings. The van der Waals surface area contributed by atoms with Crippen LogP contribution in [0.15, 0.2) is 22.8 Å². The number of benzene rings is 1. The van der Waals surface area contributed by atoms with Crippen LogP contribution in [0, 0.1) is 30.2 Å². The highest BCUT2D eigenvalue weighted by Gasteiger charge is 2.21. The number of hydrogen-bond acceptors (Lipinski definition) is 3. The van der Waals surface area contributed by atoms with Gasteiger partial charge >= 0.3 is 0 Å². The minimum absolute atomic E-state index is 0.0865. The summed E-state index contributed by atoms with van der Waals surface area (Å²) >= 11 is 3.27. The van der Waals surface area contributed by atoms with Crippen molar-refractivity contribution in [3.63, 3.8) is 0 Å². The van der Waals surface area contributed by atoms with Crippen LogP contribution in [-0.2, 0) is 13.6 Å². The van der Waals surface area contributed by atoms with Crippen LogP contribution in [0.25, 0.3) is 0 Å². The Bertz CT molecular complexity index is 1020. The van der Waals surface area contributed by atoms with Crippen molar-refractivity contribution in [2.75, 3.05) is 5.32 Å². The lowest BCUT2D eigenvalue weighted by Gasteiger charge is -2.07. The van der Waals surface area contributed by atoms with Gasteiger partial charge in [0.15, 0.2) is 29.1 Å². The molecule has 0 aliphatic carbocycles. The van der Waals surface area contributed by atoms with E-state index >= 15 is 0 Å². The first-order chi connectivity index (χ1) is 12.7. The molecule has 0 saturated carbocycles. The molecular formula is C16H12BrF4N5O. The molecular weight excluding hydrogens is 434 g/mol. The van der Waals surface area contributed by atoms with E-state index in [0.29, 0.717) is 10.2 Å². The fourth-order valence-electron chi connectivity index (χ4n) is 2.49. The number of halogens is 5. The predicted molar refractivity (Wildman–Crippen MR) is 91.2 cm³/mol. The van der Waals surface area contributed by atoms with E-state index < -0.39 is 41.3 Å². The zero-order chi connectivity index (χ0) is 19.9. The summed E-state index contributed by atoms with van der Waals surface area (Å²) in [5.41, 5.74) is 0.0667. The van der Waals surface area contributed by atoms with Gasteiger partial charge in [-0.1, -0.05) is 0 Å². The lowest BCUT2D eigenvalue weighted by atomic mass is 10.2. The van der Waals surface area contributed by atoms with Crippen LogP contribution < -0.4 is 5.32 Å². The quantitative estimate of drug-likeness (QED) is 0.493. The Kier molecular flexibility index (Phi) is 5.05. The van der Waals surface area contributed by atoms with Gasteiger partial charge in [-0.3, -0.25) is 14.2 Å². The average Bonchev–Trinajstić information content (AvgIpc) is 3.13. The second kappa shape index (κ2) is 7.14. The van der Waals surface area contributed by atoms with Gasteiger partial charge in [0.05, 0.1) is 22.3 Å². The Morgan fingerprint density at radius 1 is 1.19 bits per heavy atom. The number of amides is 1. The highest BCUT2D eigenvalue weighted by atomic mass is 79.9. The van der Waals surface area contributed by atoms with Crippen LogP contribution in [0.1, 0.15) is 21.7 Å². The molecule has 0 radical (unpaired) electrons. The molecule has 0 saturated heterocycles. The molecule has 0 aliphatic rings. The molecule has 0 spiro atoms. The number of hydrogen-bond donors (Lipinski definition) is 1. The molecule has 0 atom stereocenters. The molecule has 1 N–H and O–H groups in total. The van der Waals surface area contributed by atoms with Crippen molar-refractivity contribution in [2.24, 2.45) is 7.05 Å². The van der Waals surface area contributed by atoms with Crippen molar-refractivity contribution < 1.29 is 22.4 Å². The predicted octanol–water partition coefficient (Wildman–Crippen LogP) is 3.54. The maximum atomic E-state index is 13.8. The number of rotatable bonds is 4. The number of carbonyl (C=O) groups excluding carboxylic acids is 1. The van der Waals surface area contributed by atoms with Crippen molar-refractivity contribution in [3.8, 4) is 0 Å². The Hall–Kier alpha value is -2.69. The minimum atomic E-state index is -1.50. The standard InChI is InChI=1S/C16H12BrF4N5O/c1-7-12(17)15(25(2)23-7)16(27)22-11-3-4-26(24-11)6-8-13(20)9(18)5-10(19)14(8)21/h3-5H,6H2,1-2H3,(H,22,24,27). The zero-order valence-corrected chi connectivity index (χ0v) is 15.6. The normalized spacial score (nSPS) is 11.1. The Labute approximate surface area is 158 Å². The zero-order valence-electron chi connectivity index (χ0n) is 14.0. The Morgan fingerprint density at radius 3 is 2.37 bits per heavy atom. The van der Waals surface area contributed by atoms with Crippen LogP contribution in [0.5, 0.6) is 0 Å². The number of aromatic nitrogens is 4. The molecule has 1 aromatic carbocycles. The van der Waals surface area contributed by atoms with Crippen molar-refractivity contribution in [3.05, 3.63) is 63.0 Å². The summed E-state index contributed by atoms with van der Waals surface area (Å²) in [7, 11) is 1.59. The van der Waals surface area contributed by atoms with Crippen LogP contribution in [0.4, 0.5) is 23.4 Å². The van der Waals surface area contributed by atoms with Crippen LogP contribution in [-0.4, -0.2) is 25.5 Å². The summed E-state index contributed by atoms with van der Waals surface area (Å²) < 4.78 is 57.0. The van der Waals surface area contributed by atoms with E-state index in [2.05, 4.69) is 31.4 Å². The van der Waals surface area contributed by atoms with Gasteiger partial charge < -0.3 is 5.32 Å². The molecule has 11 heteroatoms. The first-order valence-electron chi connectivity index (χ1n) is 7.54. The maximum Gasteiger partial charge on any atom is 0.276 e. The fourth-order valence-corrected chi connectivity index (χ4v) is 3.01. The third-order valence-electron chi connectivity index (χ3n) is 3.77. The van der Waals surface area contributed by atoms with Crippen molar-refractivity contribution in [1.82, 2.24) is 19.6 Å². The third-order valence-corrected chi connectivity index (χ3v) is 4.72. The summed E-state index contributed by atoms with van der Waals surface area (Å²) in [6.07, 6.45) is 1.31. The molecule has 0 aliphatic heterocycles. The molecule has 1 amide bonds. The minimum Gasteiger partial charge on any atom is -0.304 e. The Balaban J connectivity index is 1.81. The fraction of sp³-hybridized carbons (Fsp3) is 0.188. The topological polar surface area (TPSA) is 64.7 Å². The van der Waals surface area contributed by atoms with Gasteiger partial charge in [0.2, 0.25) is 0 Å². The highest BCUT2D eigenvalue weighted by Crippen LogP contribution is 2.22. The first-order valence-corrected chi connectivity index (χ1v) is 8.34. The van der Waals surface area contributed by atoms with Gasteiger partial charge in [-0.2, -0.15) is 10.2 Å². The number of aryl methyl sites for hydroxylation is 2. The second-order valence-electron chi connectivity index (χ2n) is 5.67. The van der Waals surface area contributed by atoms with E-state index in [-0.39, 0.29) is 17.6 Å². The monoisotopic (exact) mass is 445 g/mol. The number of anilines is 1. The maximum absolute atomic E-state index is 13.8. The van der Waals surface area contributed by atoms with Crippen LogP contribution in [0.3, 0.4) is 0 Å². The molecule has 27 heavy (non-hydrogen) atoms. The molecule has 142 valence electrons. The van der Waals surface area contributed by atoms with Gasteiger partial charge in [-0.05, 0) is 22.9 Å². The molecule has 2 heterocycles. The van der Waals surface area contributed by atoms with Gasteiger partial charge in [0.1, 0.15) is 5.69 Å². The van der Waals surface area contributed by atoms with Gasteiger partial charge in [-0.25, -0.2) is 17.6 Å². The lowest BCUT2D eigenvalue weighted by Crippen LogP contribution is -2.17.